The molecular formula is C15H25NO3. The third kappa shape index (κ3) is 7.15. The van der Waals surface area contributed by atoms with Crippen LogP contribution in [0.25, 0.3) is 0 Å². The molecule has 0 aliphatic heterocycles. The number of rotatable bonds is 10. The van der Waals surface area contributed by atoms with Crippen molar-refractivity contribution in [3.05, 3.63) is 30.3 Å². The monoisotopic (exact) mass is 267 g/mol. The first-order valence-electron chi connectivity index (χ1n) is 6.93. The molecule has 3 N–H and O–H groups in total. The van der Waals surface area contributed by atoms with Gasteiger partial charge < -0.3 is 20.3 Å². The Morgan fingerprint density at radius 1 is 1.21 bits per heavy atom. The molecule has 0 saturated carbocycles. The lowest BCUT2D eigenvalue weighted by molar-refractivity contribution is 0.105. The maximum absolute atomic E-state index is 9.79. The van der Waals surface area contributed by atoms with Crippen LogP contribution in [0.1, 0.15) is 19.8 Å². The molecule has 0 aliphatic rings. The molecule has 1 rings (SSSR count). The predicted octanol–water partition coefficient (Wildman–Crippen LogP) is 1.42. The fraction of sp³-hybridized carbons (Fsp3) is 0.600. The number of ether oxygens (including phenoxy) is 1. The number of nitrogens with one attached hydrogen (secondary N) is 1. The van der Waals surface area contributed by atoms with E-state index in [4.69, 9.17) is 9.84 Å². The fourth-order valence-corrected chi connectivity index (χ4v) is 1.86. The molecule has 0 bridgehead atoms. The van der Waals surface area contributed by atoms with Crippen molar-refractivity contribution in [1.29, 1.82) is 0 Å². The molecule has 0 amide bonds. The lowest BCUT2D eigenvalue weighted by Crippen LogP contribution is -2.34. The Kier molecular flexibility index (Phi) is 8.21. The molecule has 4 heteroatoms. The van der Waals surface area contributed by atoms with Crippen molar-refractivity contribution in [2.24, 2.45) is 5.92 Å². The molecule has 2 atom stereocenters. The van der Waals surface area contributed by atoms with E-state index < -0.39 is 6.10 Å². The second-order valence-corrected chi connectivity index (χ2v) is 4.72. The summed E-state index contributed by atoms with van der Waals surface area (Å²) in [5.41, 5.74) is 0. The molecule has 0 heterocycles. The van der Waals surface area contributed by atoms with Crippen molar-refractivity contribution < 1.29 is 14.9 Å². The number of aliphatic hydroxyl groups excluding tert-OH is 2. The molecule has 19 heavy (non-hydrogen) atoms. The molecule has 1 aromatic rings. The molecule has 0 saturated heterocycles. The second kappa shape index (κ2) is 9.78. The van der Waals surface area contributed by atoms with Crippen molar-refractivity contribution in [3.63, 3.8) is 0 Å². The van der Waals surface area contributed by atoms with Gasteiger partial charge in [-0.3, -0.25) is 0 Å². The van der Waals surface area contributed by atoms with E-state index in [2.05, 4.69) is 12.2 Å². The number of hydrogen-bond acceptors (Lipinski definition) is 4. The number of para-hydroxylation sites is 1. The highest BCUT2D eigenvalue weighted by molar-refractivity contribution is 5.20. The topological polar surface area (TPSA) is 61.7 Å². The fourth-order valence-electron chi connectivity index (χ4n) is 1.86. The zero-order valence-corrected chi connectivity index (χ0v) is 11.6. The maximum atomic E-state index is 9.79. The van der Waals surface area contributed by atoms with Gasteiger partial charge in [0.25, 0.3) is 0 Å². The van der Waals surface area contributed by atoms with Gasteiger partial charge in [-0.25, -0.2) is 0 Å². The average molecular weight is 267 g/mol. The molecule has 0 spiro atoms. The SMILES string of the molecule is CCC(CCO)CNCC(O)COc1ccccc1. The zero-order chi connectivity index (χ0) is 13.9. The summed E-state index contributed by atoms with van der Waals surface area (Å²) < 4.78 is 5.47. The van der Waals surface area contributed by atoms with Crippen molar-refractivity contribution in [3.8, 4) is 5.75 Å². The van der Waals surface area contributed by atoms with Gasteiger partial charge in [0.1, 0.15) is 18.5 Å². The summed E-state index contributed by atoms with van der Waals surface area (Å²) in [5.74, 6) is 1.24. The van der Waals surface area contributed by atoms with Crippen LogP contribution in [0.15, 0.2) is 30.3 Å². The number of aliphatic hydroxyl groups is 2. The van der Waals surface area contributed by atoms with Crippen LogP contribution in [0.5, 0.6) is 5.75 Å². The molecule has 0 aromatic heterocycles. The Hall–Kier alpha value is -1.10. The van der Waals surface area contributed by atoms with Crippen LogP contribution in [0.2, 0.25) is 0 Å². The Morgan fingerprint density at radius 3 is 2.58 bits per heavy atom. The van der Waals surface area contributed by atoms with Crippen molar-refractivity contribution in [2.45, 2.75) is 25.9 Å². The van der Waals surface area contributed by atoms with E-state index in [9.17, 15) is 5.11 Å². The molecule has 1 aromatic carbocycles. The van der Waals surface area contributed by atoms with Gasteiger partial charge in [0.05, 0.1) is 0 Å². The molecular weight excluding hydrogens is 242 g/mol. The summed E-state index contributed by atoms with van der Waals surface area (Å²) in [4.78, 5) is 0. The van der Waals surface area contributed by atoms with Crippen LogP contribution in [-0.4, -0.2) is 42.6 Å². The highest BCUT2D eigenvalue weighted by atomic mass is 16.5. The van der Waals surface area contributed by atoms with Crippen LogP contribution < -0.4 is 10.1 Å². The van der Waals surface area contributed by atoms with Crippen LogP contribution in [0.4, 0.5) is 0 Å². The summed E-state index contributed by atoms with van der Waals surface area (Å²) in [6.07, 6.45) is 1.32. The first kappa shape index (κ1) is 16.0. The molecule has 2 unspecified atom stereocenters. The van der Waals surface area contributed by atoms with Crippen LogP contribution in [0, 0.1) is 5.92 Å². The largest absolute Gasteiger partial charge is 0.491 e. The minimum absolute atomic E-state index is 0.222. The summed E-state index contributed by atoms with van der Waals surface area (Å²) in [6, 6.07) is 9.47. The van der Waals surface area contributed by atoms with Gasteiger partial charge in [-0.05, 0) is 31.0 Å². The first-order valence-corrected chi connectivity index (χ1v) is 6.93. The Balaban J connectivity index is 2.12. The van der Waals surface area contributed by atoms with Crippen LogP contribution in [-0.2, 0) is 0 Å². The third-order valence-corrected chi connectivity index (χ3v) is 3.11. The number of hydrogen-bond donors (Lipinski definition) is 3. The predicted molar refractivity (Wildman–Crippen MR) is 76.3 cm³/mol. The molecule has 4 nitrogen and oxygen atoms in total. The molecule has 0 radical (unpaired) electrons. The minimum atomic E-state index is -0.521. The first-order chi connectivity index (χ1) is 9.26. The van der Waals surface area contributed by atoms with E-state index in [1.807, 2.05) is 30.3 Å². The summed E-state index contributed by atoms with van der Waals surface area (Å²) in [5, 5.41) is 21.9. The van der Waals surface area contributed by atoms with E-state index in [0.29, 0.717) is 12.5 Å². The molecule has 0 aliphatic carbocycles. The van der Waals surface area contributed by atoms with E-state index in [1.54, 1.807) is 0 Å². The quantitative estimate of drug-likeness (QED) is 0.600. The van der Waals surface area contributed by atoms with Gasteiger partial charge in [-0.1, -0.05) is 31.5 Å². The van der Waals surface area contributed by atoms with E-state index >= 15 is 0 Å². The average Bonchev–Trinajstić information content (AvgIpc) is 2.45. The Bertz CT molecular complexity index is 318. The Labute approximate surface area is 115 Å². The summed E-state index contributed by atoms with van der Waals surface area (Å²) in [7, 11) is 0. The van der Waals surface area contributed by atoms with Crippen molar-refractivity contribution in [1.82, 2.24) is 5.32 Å². The molecule has 108 valence electrons. The maximum Gasteiger partial charge on any atom is 0.119 e. The minimum Gasteiger partial charge on any atom is -0.491 e. The summed E-state index contributed by atoms with van der Waals surface area (Å²) in [6.45, 7) is 3.94. The van der Waals surface area contributed by atoms with Crippen LogP contribution >= 0.6 is 0 Å². The van der Waals surface area contributed by atoms with Gasteiger partial charge in [-0.15, -0.1) is 0 Å². The smallest absolute Gasteiger partial charge is 0.119 e. The van der Waals surface area contributed by atoms with Crippen LogP contribution in [0.3, 0.4) is 0 Å². The van der Waals surface area contributed by atoms with Gasteiger partial charge in [-0.2, -0.15) is 0 Å². The van der Waals surface area contributed by atoms with E-state index in [-0.39, 0.29) is 13.2 Å². The van der Waals surface area contributed by atoms with Gasteiger partial charge >= 0.3 is 0 Å². The lowest BCUT2D eigenvalue weighted by atomic mass is 10.0. The molecule has 0 fully saturated rings. The van der Waals surface area contributed by atoms with Gasteiger partial charge in [0.15, 0.2) is 0 Å². The number of benzene rings is 1. The normalized spacial score (nSPS) is 14.1. The van der Waals surface area contributed by atoms with Crippen molar-refractivity contribution >= 4 is 0 Å². The van der Waals surface area contributed by atoms with E-state index in [1.165, 1.54) is 0 Å². The highest BCUT2D eigenvalue weighted by Gasteiger charge is 2.08. The highest BCUT2D eigenvalue weighted by Crippen LogP contribution is 2.08. The zero-order valence-electron chi connectivity index (χ0n) is 11.6. The van der Waals surface area contributed by atoms with Gasteiger partial charge in [0.2, 0.25) is 0 Å². The third-order valence-electron chi connectivity index (χ3n) is 3.11. The second-order valence-electron chi connectivity index (χ2n) is 4.72. The Morgan fingerprint density at radius 2 is 1.95 bits per heavy atom. The van der Waals surface area contributed by atoms with Crippen molar-refractivity contribution in [2.75, 3.05) is 26.3 Å². The summed E-state index contributed by atoms with van der Waals surface area (Å²) >= 11 is 0. The van der Waals surface area contributed by atoms with Gasteiger partial charge in [0, 0.05) is 13.2 Å². The standard InChI is InChI=1S/C15H25NO3/c1-2-13(8-9-17)10-16-11-14(18)12-19-15-6-4-3-5-7-15/h3-7,13-14,16-18H,2,8-12H2,1H3. The van der Waals surface area contributed by atoms with E-state index in [0.717, 1.165) is 25.1 Å². The lowest BCUT2D eigenvalue weighted by Gasteiger charge is -2.17.